The number of allylic oxidation sites excluding steroid dienone is 1. The van der Waals surface area contributed by atoms with Gasteiger partial charge >= 0.3 is 24.8 Å². The third kappa shape index (κ3) is 7.24. The number of esters is 1. The fraction of sp³-hybridized carbons (Fsp3) is 0.286. The minimum atomic E-state index is -0.618. The SMILES string of the molecule is C=C/C([O-])=C/C(=O)OCC.[Li+]. The van der Waals surface area contributed by atoms with Gasteiger partial charge in [0.25, 0.3) is 0 Å². The number of hydrogen-bond acceptors (Lipinski definition) is 3. The Morgan fingerprint density at radius 2 is 2.27 bits per heavy atom. The van der Waals surface area contributed by atoms with Gasteiger partial charge in [0.15, 0.2) is 0 Å². The van der Waals surface area contributed by atoms with Gasteiger partial charge in [-0.3, -0.25) is 0 Å². The van der Waals surface area contributed by atoms with E-state index in [2.05, 4.69) is 11.3 Å². The standard InChI is InChI=1S/C7H10O3.Li/c1-3-6(8)5-7(9)10-4-2;/h3,5,8H,1,4H2,2H3;/q;+1/p-1/b6-5-;. The first-order chi connectivity index (χ1) is 4.70. The molecule has 0 atom stereocenters. The third-order valence-corrected chi connectivity index (χ3v) is 0.748. The summed E-state index contributed by atoms with van der Waals surface area (Å²) in [7, 11) is 0. The van der Waals surface area contributed by atoms with Crippen LogP contribution in [-0.4, -0.2) is 12.6 Å². The Bertz CT molecular complexity index is 163. The molecule has 0 aliphatic rings. The molecule has 0 N–H and O–H groups in total. The van der Waals surface area contributed by atoms with Crippen LogP contribution in [0.15, 0.2) is 24.5 Å². The van der Waals surface area contributed by atoms with Gasteiger partial charge in [-0.25, -0.2) is 4.79 Å². The fourth-order valence-electron chi connectivity index (χ4n) is 0.359. The Morgan fingerprint density at radius 1 is 1.73 bits per heavy atom. The van der Waals surface area contributed by atoms with Crippen LogP contribution in [0.1, 0.15) is 6.92 Å². The number of rotatable bonds is 3. The minimum Gasteiger partial charge on any atom is -0.872 e. The number of hydrogen-bond donors (Lipinski definition) is 0. The van der Waals surface area contributed by atoms with Crippen molar-refractivity contribution in [3.8, 4) is 0 Å². The van der Waals surface area contributed by atoms with Gasteiger partial charge in [-0.15, -0.1) is 5.76 Å². The molecule has 56 valence electrons. The smallest absolute Gasteiger partial charge is 0.872 e. The summed E-state index contributed by atoms with van der Waals surface area (Å²) in [6.07, 6.45) is 1.91. The van der Waals surface area contributed by atoms with Gasteiger partial charge in [0.1, 0.15) is 0 Å². The Morgan fingerprint density at radius 3 is 2.64 bits per heavy atom. The molecule has 3 nitrogen and oxygen atoms in total. The van der Waals surface area contributed by atoms with Crippen molar-refractivity contribution in [2.45, 2.75) is 6.92 Å². The van der Waals surface area contributed by atoms with Crippen LogP contribution in [-0.2, 0) is 9.53 Å². The quantitative estimate of drug-likeness (QED) is 0.141. The van der Waals surface area contributed by atoms with Crippen molar-refractivity contribution in [2.24, 2.45) is 0 Å². The molecular formula is C7H9LiO3. The summed E-state index contributed by atoms with van der Waals surface area (Å²) < 4.78 is 4.45. The number of ether oxygens (including phenoxy) is 1. The van der Waals surface area contributed by atoms with Gasteiger partial charge < -0.3 is 9.84 Å². The third-order valence-electron chi connectivity index (χ3n) is 0.748. The molecule has 0 heterocycles. The van der Waals surface area contributed by atoms with Gasteiger partial charge in [0.2, 0.25) is 0 Å². The number of carbonyl (C=O) groups is 1. The molecule has 0 saturated heterocycles. The molecule has 0 unspecified atom stereocenters. The monoisotopic (exact) mass is 148 g/mol. The molecule has 0 aromatic rings. The van der Waals surface area contributed by atoms with Crippen LogP contribution in [0, 0.1) is 0 Å². The molecule has 0 fully saturated rings. The minimum absolute atomic E-state index is 0. The van der Waals surface area contributed by atoms with Crippen molar-refractivity contribution in [3.63, 3.8) is 0 Å². The van der Waals surface area contributed by atoms with Crippen LogP contribution in [0.4, 0.5) is 0 Å². The molecule has 0 bridgehead atoms. The van der Waals surface area contributed by atoms with Crippen LogP contribution in [0.2, 0.25) is 0 Å². The molecular weight excluding hydrogens is 139 g/mol. The van der Waals surface area contributed by atoms with E-state index in [4.69, 9.17) is 0 Å². The van der Waals surface area contributed by atoms with Gasteiger partial charge in [0, 0.05) is 6.08 Å². The average Bonchev–Trinajstić information content (AvgIpc) is 1.88. The van der Waals surface area contributed by atoms with Crippen molar-refractivity contribution in [3.05, 3.63) is 24.5 Å². The predicted molar refractivity (Wildman–Crippen MR) is 34.9 cm³/mol. The van der Waals surface area contributed by atoms with E-state index < -0.39 is 11.7 Å². The molecule has 0 saturated carbocycles. The zero-order valence-corrected chi connectivity index (χ0v) is 6.79. The zero-order valence-electron chi connectivity index (χ0n) is 6.79. The van der Waals surface area contributed by atoms with Crippen LogP contribution in [0.25, 0.3) is 0 Å². The first-order valence-corrected chi connectivity index (χ1v) is 2.88. The average molecular weight is 148 g/mol. The Kier molecular flexibility index (Phi) is 8.79. The Labute approximate surface area is 77.9 Å². The van der Waals surface area contributed by atoms with E-state index in [1.807, 2.05) is 0 Å². The van der Waals surface area contributed by atoms with Crippen molar-refractivity contribution >= 4 is 5.97 Å². The summed E-state index contributed by atoms with van der Waals surface area (Å²) in [5.74, 6) is -1.05. The second-order valence-electron chi connectivity index (χ2n) is 1.50. The maximum absolute atomic E-state index is 10.5. The Hall–Kier alpha value is -0.653. The van der Waals surface area contributed by atoms with E-state index in [0.717, 1.165) is 12.2 Å². The van der Waals surface area contributed by atoms with Gasteiger partial charge in [-0.2, -0.15) is 0 Å². The molecule has 0 amide bonds. The summed E-state index contributed by atoms with van der Waals surface area (Å²) in [6, 6.07) is 0. The summed E-state index contributed by atoms with van der Waals surface area (Å²) in [4.78, 5) is 10.5. The second-order valence-corrected chi connectivity index (χ2v) is 1.50. The normalized spacial score (nSPS) is 9.73. The zero-order chi connectivity index (χ0) is 7.98. The maximum Gasteiger partial charge on any atom is 1.00 e. The molecule has 0 aliphatic carbocycles. The molecule has 11 heavy (non-hydrogen) atoms. The van der Waals surface area contributed by atoms with Crippen LogP contribution < -0.4 is 24.0 Å². The second kappa shape index (κ2) is 7.45. The molecule has 0 aliphatic heterocycles. The van der Waals surface area contributed by atoms with Crippen LogP contribution >= 0.6 is 0 Å². The molecule has 4 heteroatoms. The predicted octanol–water partition coefficient (Wildman–Crippen LogP) is -3.02. The van der Waals surface area contributed by atoms with Crippen molar-refractivity contribution < 1.29 is 33.5 Å². The van der Waals surface area contributed by atoms with Gasteiger partial charge in [-0.1, -0.05) is 12.7 Å². The topological polar surface area (TPSA) is 49.4 Å². The molecule has 0 aromatic carbocycles. The summed E-state index contributed by atoms with van der Waals surface area (Å²) >= 11 is 0. The molecule has 0 radical (unpaired) electrons. The Balaban J connectivity index is 0. The first kappa shape index (κ1) is 13.0. The molecule has 0 rings (SSSR count). The van der Waals surface area contributed by atoms with E-state index in [1.54, 1.807) is 6.92 Å². The van der Waals surface area contributed by atoms with E-state index in [9.17, 15) is 9.90 Å². The van der Waals surface area contributed by atoms with Crippen molar-refractivity contribution in [2.75, 3.05) is 6.61 Å². The van der Waals surface area contributed by atoms with E-state index in [-0.39, 0.29) is 25.5 Å². The van der Waals surface area contributed by atoms with E-state index in [1.165, 1.54) is 0 Å². The first-order valence-electron chi connectivity index (χ1n) is 2.88. The maximum atomic E-state index is 10.5. The summed E-state index contributed by atoms with van der Waals surface area (Å²) in [5, 5.41) is 10.4. The van der Waals surface area contributed by atoms with Crippen molar-refractivity contribution in [1.29, 1.82) is 0 Å². The fourth-order valence-corrected chi connectivity index (χ4v) is 0.359. The van der Waals surface area contributed by atoms with Gasteiger partial charge in [-0.05, 0) is 6.92 Å². The summed E-state index contributed by atoms with van der Waals surface area (Å²) in [6.45, 7) is 5.13. The van der Waals surface area contributed by atoms with Crippen LogP contribution in [0.3, 0.4) is 0 Å². The molecule has 0 spiro atoms. The molecule has 0 aromatic heterocycles. The van der Waals surface area contributed by atoms with Crippen LogP contribution in [0.5, 0.6) is 0 Å². The number of carbonyl (C=O) groups excluding carboxylic acids is 1. The largest absolute Gasteiger partial charge is 1.00 e. The van der Waals surface area contributed by atoms with E-state index in [0.29, 0.717) is 0 Å². The summed E-state index contributed by atoms with van der Waals surface area (Å²) in [5.41, 5.74) is 0. The van der Waals surface area contributed by atoms with Crippen molar-refractivity contribution in [1.82, 2.24) is 0 Å². The van der Waals surface area contributed by atoms with Gasteiger partial charge in [0.05, 0.1) is 6.61 Å². The van der Waals surface area contributed by atoms with E-state index >= 15 is 0 Å².